The Bertz CT molecular complexity index is 420. The first-order valence-electron chi connectivity index (χ1n) is 7.77. The summed E-state index contributed by atoms with van der Waals surface area (Å²) in [6.07, 6.45) is 2.22. The fraction of sp³-hybridized carbons (Fsp3) is 0.750. The lowest BCUT2D eigenvalue weighted by atomic mass is 10.3. The van der Waals surface area contributed by atoms with Gasteiger partial charge in [0.15, 0.2) is 0 Å². The molecule has 1 fully saturated rings. The molecule has 0 radical (unpaired) electrons. The molecule has 0 aromatic carbocycles. The van der Waals surface area contributed by atoms with E-state index in [0.29, 0.717) is 12.8 Å². The number of nitrogens with zero attached hydrogens (tertiary/aromatic N) is 2. The minimum absolute atomic E-state index is 0.275. The Morgan fingerprint density at radius 2 is 1.67 bits per heavy atom. The maximum Gasteiger partial charge on any atom is 0.224 e. The van der Waals surface area contributed by atoms with E-state index >= 15 is 0 Å². The standard InChI is InChI=1S/C16H31N2O2P/c1-8-11-20-16(13(2)3)12-21(19)17(14(4)5)9-10-18(21)15(6)7/h8,14-15H,1,9-12H2,2-7H3. The summed E-state index contributed by atoms with van der Waals surface area (Å²) in [7, 11) is -2.60. The van der Waals surface area contributed by atoms with Gasteiger partial charge in [0.05, 0.1) is 6.16 Å². The van der Waals surface area contributed by atoms with Crippen LogP contribution in [0.4, 0.5) is 0 Å². The number of hydrogen-bond acceptors (Lipinski definition) is 2. The highest BCUT2D eigenvalue weighted by atomic mass is 31.2. The van der Waals surface area contributed by atoms with E-state index in [0.717, 1.165) is 24.4 Å². The van der Waals surface area contributed by atoms with Crippen molar-refractivity contribution >= 4 is 7.44 Å². The Hall–Kier alpha value is -0.570. The van der Waals surface area contributed by atoms with Gasteiger partial charge in [0.2, 0.25) is 7.44 Å². The van der Waals surface area contributed by atoms with Gasteiger partial charge in [-0.25, -0.2) is 9.34 Å². The molecular weight excluding hydrogens is 283 g/mol. The molecule has 0 aliphatic carbocycles. The lowest BCUT2D eigenvalue weighted by Gasteiger charge is -2.35. The zero-order valence-corrected chi connectivity index (χ0v) is 15.3. The van der Waals surface area contributed by atoms with Gasteiger partial charge in [-0.05, 0) is 47.1 Å². The zero-order valence-electron chi connectivity index (χ0n) is 14.4. The second-order valence-electron chi connectivity index (χ2n) is 6.36. The van der Waals surface area contributed by atoms with Crippen LogP contribution < -0.4 is 0 Å². The molecule has 0 N–H and O–H groups in total. The van der Waals surface area contributed by atoms with E-state index in [-0.39, 0.29) is 12.1 Å². The smallest absolute Gasteiger partial charge is 0.224 e. The largest absolute Gasteiger partial charge is 0.493 e. The van der Waals surface area contributed by atoms with Crippen molar-refractivity contribution in [3.05, 3.63) is 24.0 Å². The van der Waals surface area contributed by atoms with Crippen molar-refractivity contribution in [1.82, 2.24) is 9.34 Å². The fourth-order valence-corrected chi connectivity index (χ4v) is 6.47. The first kappa shape index (κ1) is 18.5. The van der Waals surface area contributed by atoms with Gasteiger partial charge in [-0.15, -0.1) is 0 Å². The average Bonchev–Trinajstić information content (AvgIpc) is 2.72. The van der Waals surface area contributed by atoms with Crippen molar-refractivity contribution in [3.63, 3.8) is 0 Å². The first-order valence-corrected chi connectivity index (χ1v) is 9.57. The molecule has 0 saturated carbocycles. The summed E-state index contributed by atoms with van der Waals surface area (Å²) in [6, 6.07) is 0.551. The topological polar surface area (TPSA) is 32.8 Å². The predicted octanol–water partition coefficient (Wildman–Crippen LogP) is 4.11. The van der Waals surface area contributed by atoms with Gasteiger partial charge in [0, 0.05) is 25.2 Å². The van der Waals surface area contributed by atoms with Gasteiger partial charge < -0.3 is 4.74 Å². The molecular formula is C16H31N2O2P. The summed E-state index contributed by atoms with van der Waals surface area (Å²) < 4.78 is 23.8. The maximum atomic E-state index is 13.7. The van der Waals surface area contributed by atoms with Crippen LogP contribution in [-0.4, -0.2) is 47.3 Å². The molecule has 1 saturated heterocycles. The highest BCUT2D eigenvalue weighted by molar-refractivity contribution is 7.59. The lowest BCUT2D eigenvalue weighted by Crippen LogP contribution is -2.31. The molecule has 0 atom stereocenters. The predicted molar refractivity (Wildman–Crippen MR) is 90.7 cm³/mol. The highest BCUT2D eigenvalue weighted by Gasteiger charge is 2.45. The van der Waals surface area contributed by atoms with Crippen molar-refractivity contribution < 1.29 is 9.30 Å². The van der Waals surface area contributed by atoms with Crippen LogP contribution >= 0.6 is 7.44 Å². The number of ether oxygens (including phenoxy) is 1. The summed E-state index contributed by atoms with van der Waals surface area (Å²) in [5.41, 5.74) is 1.09. The summed E-state index contributed by atoms with van der Waals surface area (Å²) in [5, 5.41) is 0. The van der Waals surface area contributed by atoms with Gasteiger partial charge in [-0.3, -0.25) is 4.57 Å². The molecule has 5 heteroatoms. The SMILES string of the molecule is C=CCOC(CP1(=O)N(C(C)C)CCN1C(C)C)=C(C)C. The molecule has 0 aromatic rings. The molecule has 0 bridgehead atoms. The van der Waals surface area contributed by atoms with Crippen LogP contribution in [0.1, 0.15) is 41.5 Å². The third-order valence-corrected chi connectivity index (χ3v) is 7.46. The van der Waals surface area contributed by atoms with Crippen molar-refractivity contribution in [1.29, 1.82) is 0 Å². The molecule has 1 heterocycles. The molecule has 21 heavy (non-hydrogen) atoms. The molecule has 1 aliphatic rings. The molecule has 0 unspecified atom stereocenters. The average molecular weight is 314 g/mol. The number of hydrogen-bond donors (Lipinski definition) is 0. The summed E-state index contributed by atoms with van der Waals surface area (Å²) in [4.78, 5) is 0. The van der Waals surface area contributed by atoms with Crippen LogP contribution in [-0.2, 0) is 9.30 Å². The van der Waals surface area contributed by atoms with Gasteiger partial charge in [0.25, 0.3) is 0 Å². The maximum absolute atomic E-state index is 13.7. The monoisotopic (exact) mass is 314 g/mol. The quantitative estimate of drug-likeness (QED) is 0.402. The summed E-state index contributed by atoms with van der Waals surface area (Å²) in [6.45, 7) is 18.4. The second kappa shape index (κ2) is 7.62. The van der Waals surface area contributed by atoms with Crippen LogP contribution in [0.15, 0.2) is 24.0 Å². The van der Waals surface area contributed by atoms with E-state index in [9.17, 15) is 4.57 Å². The highest BCUT2D eigenvalue weighted by Crippen LogP contribution is 2.60. The lowest BCUT2D eigenvalue weighted by molar-refractivity contribution is 0.243. The molecule has 0 amide bonds. The van der Waals surface area contributed by atoms with Crippen molar-refractivity contribution in [2.45, 2.75) is 53.6 Å². The normalized spacial score (nSPS) is 19.2. The van der Waals surface area contributed by atoms with Gasteiger partial charge in [-0.2, -0.15) is 0 Å². The van der Waals surface area contributed by atoms with Crippen LogP contribution in [0.25, 0.3) is 0 Å². The van der Waals surface area contributed by atoms with E-state index in [4.69, 9.17) is 4.74 Å². The Labute approximate surface area is 130 Å². The van der Waals surface area contributed by atoms with E-state index in [1.807, 2.05) is 13.8 Å². The second-order valence-corrected chi connectivity index (χ2v) is 9.03. The van der Waals surface area contributed by atoms with Crippen LogP contribution in [0.5, 0.6) is 0 Å². The van der Waals surface area contributed by atoms with Crippen molar-refractivity contribution in [2.24, 2.45) is 0 Å². The summed E-state index contributed by atoms with van der Waals surface area (Å²) >= 11 is 0. The third-order valence-electron chi connectivity index (χ3n) is 3.84. The van der Waals surface area contributed by atoms with Crippen molar-refractivity contribution in [3.8, 4) is 0 Å². The van der Waals surface area contributed by atoms with Gasteiger partial charge in [-0.1, -0.05) is 12.7 Å². The van der Waals surface area contributed by atoms with Gasteiger partial charge in [0.1, 0.15) is 12.4 Å². The Balaban J connectivity index is 3.09. The molecule has 1 rings (SSSR count). The van der Waals surface area contributed by atoms with E-state index in [1.54, 1.807) is 6.08 Å². The van der Waals surface area contributed by atoms with E-state index in [1.165, 1.54) is 0 Å². The van der Waals surface area contributed by atoms with Crippen LogP contribution in [0.2, 0.25) is 0 Å². The Kier molecular flexibility index (Phi) is 6.71. The van der Waals surface area contributed by atoms with E-state index < -0.39 is 7.44 Å². The van der Waals surface area contributed by atoms with E-state index in [2.05, 4.69) is 43.6 Å². The third kappa shape index (κ3) is 4.21. The minimum Gasteiger partial charge on any atom is -0.493 e. The summed E-state index contributed by atoms with van der Waals surface area (Å²) in [5.74, 6) is 0.844. The number of allylic oxidation sites excluding steroid dienone is 2. The zero-order chi connectivity index (χ0) is 16.2. The molecule has 0 spiro atoms. The minimum atomic E-state index is -2.60. The first-order chi connectivity index (χ1) is 9.74. The van der Waals surface area contributed by atoms with Gasteiger partial charge >= 0.3 is 0 Å². The molecule has 1 aliphatic heterocycles. The fourth-order valence-electron chi connectivity index (χ4n) is 2.78. The molecule has 0 aromatic heterocycles. The number of rotatable bonds is 7. The Morgan fingerprint density at radius 3 is 2.00 bits per heavy atom. The Morgan fingerprint density at radius 1 is 1.19 bits per heavy atom. The van der Waals surface area contributed by atoms with Crippen LogP contribution in [0.3, 0.4) is 0 Å². The molecule has 4 nitrogen and oxygen atoms in total. The molecule has 122 valence electrons. The van der Waals surface area contributed by atoms with Crippen LogP contribution in [0, 0.1) is 0 Å². The van der Waals surface area contributed by atoms with Crippen molar-refractivity contribution in [2.75, 3.05) is 25.9 Å².